The monoisotopic (exact) mass is 362 g/mol. The number of hydrogen-bond acceptors (Lipinski definition) is 5. The zero-order valence-corrected chi connectivity index (χ0v) is 14.9. The number of halogens is 1. The van der Waals surface area contributed by atoms with Gasteiger partial charge in [0.15, 0.2) is 0 Å². The molecule has 6 nitrogen and oxygen atoms in total. The largest absolute Gasteiger partial charge is 0.356 e. The van der Waals surface area contributed by atoms with Gasteiger partial charge in [0.25, 0.3) is 0 Å². The smallest absolute Gasteiger partial charge is 0.226 e. The molecule has 3 rings (SSSR count). The zero-order valence-electron chi connectivity index (χ0n) is 14.1. The van der Waals surface area contributed by atoms with E-state index in [1.165, 1.54) is 6.42 Å². The van der Waals surface area contributed by atoms with Gasteiger partial charge in [-0.15, -0.1) is 0 Å². The van der Waals surface area contributed by atoms with Crippen molar-refractivity contribution in [3.05, 3.63) is 35.2 Å². The van der Waals surface area contributed by atoms with E-state index in [0.29, 0.717) is 41.9 Å². The van der Waals surface area contributed by atoms with Crippen LogP contribution in [0.5, 0.6) is 0 Å². The van der Waals surface area contributed by atoms with Crippen LogP contribution >= 0.6 is 11.6 Å². The van der Waals surface area contributed by atoms with Crippen LogP contribution in [0, 0.1) is 5.92 Å². The normalized spacial score (nSPS) is 16.9. The zero-order chi connectivity index (χ0) is 17.5. The van der Waals surface area contributed by atoms with Crippen LogP contribution in [0.15, 0.2) is 28.8 Å². The first-order valence-corrected chi connectivity index (χ1v) is 9.14. The quantitative estimate of drug-likeness (QED) is 0.754. The van der Waals surface area contributed by atoms with Crippen molar-refractivity contribution in [2.75, 3.05) is 19.6 Å². The van der Waals surface area contributed by atoms with Crippen LogP contribution in [0.3, 0.4) is 0 Å². The average molecular weight is 363 g/mol. The predicted octanol–water partition coefficient (Wildman–Crippen LogP) is 2.83. The summed E-state index contributed by atoms with van der Waals surface area (Å²) in [6, 6.07) is 7.28. The highest BCUT2D eigenvalue weighted by Gasteiger charge is 2.14. The van der Waals surface area contributed by atoms with Gasteiger partial charge in [0.05, 0.1) is 0 Å². The molecule has 1 amide bonds. The summed E-state index contributed by atoms with van der Waals surface area (Å²) in [5, 5.41) is 11.0. The molecule has 2 N–H and O–H groups in total. The standard InChI is InChI=1S/C18H23ClN4O2/c19-15-6-4-14(5-7-15)18-22-17(25-23-18)3-1-2-16(24)21-11-9-13-8-10-20-12-13/h4-7,13,20H,1-3,8-12H2,(H,21,24). The van der Waals surface area contributed by atoms with Gasteiger partial charge in [-0.1, -0.05) is 16.8 Å². The highest BCUT2D eigenvalue weighted by atomic mass is 35.5. The van der Waals surface area contributed by atoms with E-state index in [2.05, 4.69) is 20.8 Å². The summed E-state index contributed by atoms with van der Waals surface area (Å²) in [5.74, 6) is 1.88. The molecule has 0 spiro atoms. The van der Waals surface area contributed by atoms with E-state index < -0.39 is 0 Å². The number of carbonyl (C=O) groups excluding carboxylic acids is 1. The van der Waals surface area contributed by atoms with Gasteiger partial charge in [-0.25, -0.2) is 0 Å². The number of rotatable bonds is 8. The lowest BCUT2D eigenvalue weighted by Gasteiger charge is -2.08. The van der Waals surface area contributed by atoms with Crippen molar-refractivity contribution in [1.82, 2.24) is 20.8 Å². The molecule has 0 aliphatic carbocycles. The third-order valence-corrected chi connectivity index (χ3v) is 4.65. The van der Waals surface area contributed by atoms with Crippen LogP contribution < -0.4 is 10.6 Å². The number of hydrogen-bond donors (Lipinski definition) is 2. The number of aromatic nitrogens is 2. The Labute approximate surface area is 152 Å². The van der Waals surface area contributed by atoms with Crippen LogP contribution in [0.2, 0.25) is 5.02 Å². The van der Waals surface area contributed by atoms with Gasteiger partial charge in [0.2, 0.25) is 17.6 Å². The molecule has 134 valence electrons. The van der Waals surface area contributed by atoms with Crippen LogP contribution in [-0.4, -0.2) is 35.7 Å². The number of benzene rings is 1. The summed E-state index contributed by atoms with van der Waals surface area (Å²) >= 11 is 5.87. The highest BCUT2D eigenvalue weighted by Crippen LogP contribution is 2.19. The van der Waals surface area contributed by atoms with Crippen molar-refractivity contribution in [1.29, 1.82) is 0 Å². The molecule has 2 heterocycles. The van der Waals surface area contributed by atoms with Gasteiger partial charge in [-0.2, -0.15) is 4.98 Å². The van der Waals surface area contributed by atoms with E-state index in [0.717, 1.165) is 31.6 Å². The fourth-order valence-corrected chi connectivity index (χ4v) is 3.06. The maximum Gasteiger partial charge on any atom is 0.226 e. The van der Waals surface area contributed by atoms with Crippen LogP contribution in [0.1, 0.15) is 31.6 Å². The fraction of sp³-hybridized carbons (Fsp3) is 0.500. The number of nitrogens with one attached hydrogen (secondary N) is 2. The van der Waals surface area contributed by atoms with Crippen LogP contribution in [0.25, 0.3) is 11.4 Å². The molecule has 1 aromatic carbocycles. The number of nitrogens with zero attached hydrogens (tertiary/aromatic N) is 2. The van der Waals surface area contributed by atoms with E-state index in [1.54, 1.807) is 12.1 Å². The van der Waals surface area contributed by atoms with Crippen molar-refractivity contribution >= 4 is 17.5 Å². The molecule has 2 aromatic rings. The molecule has 0 radical (unpaired) electrons. The van der Waals surface area contributed by atoms with Crippen molar-refractivity contribution in [2.24, 2.45) is 5.92 Å². The third kappa shape index (κ3) is 5.54. The average Bonchev–Trinajstić information content (AvgIpc) is 3.28. The van der Waals surface area contributed by atoms with Gasteiger partial charge < -0.3 is 15.2 Å². The Kier molecular flexibility index (Phi) is 6.42. The third-order valence-electron chi connectivity index (χ3n) is 4.40. The Hall–Kier alpha value is -1.92. The van der Waals surface area contributed by atoms with Crippen molar-refractivity contribution < 1.29 is 9.32 Å². The van der Waals surface area contributed by atoms with Crippen LogP contribution in [-0.2, 0) is 11.2 Å². The molecule has 1 atom stereocenters. The predicted molar refractivity (Wildman–Crippen MR) is 96.3 cm³/mol. The van der Waals surface area contributed by atoms with Gasteiger partial charge in [-0.3, -0.25) is 4.79 Å². The molecule has 1 fully saturated rings. The molecule has 25 heavy (non-hydrogen) atoms. The van der Waals surface area contributed by atoms with E-state index >= 15 is 0 Å². The van der Waals surface area contributed by atoms with Gasteiger partial charge >= 0.3 is 0 Å². The molecule has 1 saturated heterocycles. The first-order valence-electron chi connectivity index (χ1n) is 8.76. The Bertz CT molecular complexity index is 681. The van der Waals surface area contributed by atoms with E-state index in [1.807, 2.05) is 12.1 Å². The van der Waals surface area contributed by atoms with E-state index in [-0.39, 0.29) is 5.91 Å². The van der Waals surface area contributed by atoms with Crippen molar-refractivity contribution in [2.45, 2.75) is 32.1 Å². The molecule has 0 saturated carbocycles. The number of amides is 1. The number of carbonyl (C=O) groups is 1. The topological polar surface area (TPSA) is 80.0 Å². The lowest BCUT2D eigenvalue weighted by atomic mass is 10.1. The van der Waals surface area contributed by atoms with Gasteiger partial charge in [0.1, 0.15) is 0 Å². The summed E-state index contributed by atoms with van der Waals surface area (Å²) in [7, 11) is 0. The summed E-state index contributed by atoms with van der Waals surface area (Å²) in [4.78, 5) is 16.2. The maximum absolute atomic E-state index is 11.9. The maximum atomic E-state index is 11.9. The highest BCUT2D eigenvalue weighted by molar-refractivity contribution is 6.30. The summed E-state index contributed by atoms with van der Waals surface area (Å²) < 4.78 is 5.25. The second kappa shape index (κ2) is 8.97. The minimum absolute atomic E-state index is 0.0865. The summed E-state index contributed by atoms with van der Waals surface area (Å²) in [6.07, 6.45) is 4.02. The molecule has 1 aromatic heterocycles. The fourth-order valence-electron chi connectivity index (χ4n) is 2.94. The Morgan fingerprint density at radius 1 is 1.36 bits per heavy atom. The van der Waals surface area contributed by atoms with Crippen LogP contribution in [0.4, 0.5) is 0 Å². The minimum Gasteiger partial charge on any atom is -0.356 e. The molecule has 1 aliphatic rings. The molecular weight excluding hydrogens is 340 g/mol. The molecular formula is C18H23ClN4O2. The van der Waals surface area contributed by atoms with Crippen molar-refractivity contribution in [3.63, 3.8) is 0 Å². The summed E-state index contributed by atoms with van der Waals surface area (Å²) in [6.45, 7) is 2.93. The molecule has 1 aliphatic heterocycles. The number of aryl methyl sites for hydroxylation is 1. The SMILES string of the molecule is O=C(CCCc1nc(-c2ccc(Cl)cc2)no1)NCCC1CCNC1. The Morgan fingerprint density at radius 3 is 2.96 bits per heavy atom. The molecule has 1 unspecified atom stereocenters. The Morgan fingerprint density at radius 2 is 2.20 bits per heavy atom. The molecule has 7 heteroatoms. The molecule has 0 bridgehead atoms. The van der Waals surface area contributed by atoms with Crippen molar-refractivity contribution in [3.8, 4) is 11.4 Å². The summed E-state index contributed by atoms with van der Waals surface area (Å²) in [5.41, 5.74) is 0.860. The first-order chi connectivity index (χ1) is 12.2. The second-order valence-electron chi connectivity index (χ2n) is 6.37. The van der Waals surface area contributed by atoms with Gasteiger partial charge in [-0.05, 0) is 62.5 Å². The Balaban J connectivity index is 1.36. The van der Waals surface area contributed by atoms with E-state index in [4.69, 9.17) is 16.1 Å². The van der Waals surface area contributed by atoms with E-state index in [9.17, 15) is 4.79 Å². The first kappa shape index (κ1) is 17.9. The lowest BCUT2D eigenvalue weighted by Crippen LogP contribution is -2.26. The minimum atomic E-state index is 0.0865. The lowest BCUT2D eigenvalue weighted by molar-refractivity contribution is -0.121. The second-order valence-corrected chi connectivity index (χ2v) is 6.81. The van der Waals surface area contributed by atoms with Gasteiger partial charge in [0, 0.05) is 30.0 Å².